The number of nitrogens with zero attached hydrogens (tertiary/aromatic N) is 4. The molecule has 0 N–H and O–H groups in total. The first kappa shape index (κ1) is 22.5. The van der Waals surface area contributed by atoms with Crippen molar-refractivity contribution < 1.29 is 14.3 Å². The quantitative estimate of drug-likeness (QED) is 0.647. The largest absolute Gasteiger partial charge is 0.466 e. The molecule has 1 aliphatic rings. The molecule has 1 atom stereocenters. The number of rotatable bonds is 6. The van der Waals surface area contributed by atoms with Crippen LogP contribution in [0.5, 0.6) is 0 Å². The fourth-order valence-corrected chi connectivity index (χ4v) is 3.76. The number of benzene rings is 1. The maximum atomic E-state index is 13.2. The average Bonchev–Trinajstić information content (AvgIpc) is 2.76. The molecular formula is C22H28N4O5. The van der Waals surface area contributed by atoms with Crippen molar-refractivity contribution in [1.29, 1.82) is 0 Å². The fourth-order valence-electron chi connectivity index (χ4n) is 3.76. The molecule has 0 radical (unpaired) electrons. The first-order chi connectivity index (χ1) is 14.9. The maximum absolute atomic E-state index is 13.2. The number of carbonyl (C=O) groups is 2. The summed E-state index contributed by atoms with van der Waals surface area (Å²) < 4.78 is 7.24. The molecule has 0 bridgehead atoms. The van der Waals surface area contributed by atoms with Gasteiger partial charge in [-0.05, 0) is 50.8 Å². The molecule has 2 heterocycles. The summed E-state index contributed by atoms with van der Waals surface area (Å²) in [6, 6.07) is 7.13. The van der Waals surface area contributed by atoms with Gasteiger partial charge in [-0.15, -0.1) is 0 Å². The van der Waals surface area contributed by atoms with Gasteiger partial charge in [0.25, 0.3) is 11.5 Å². The highest BCUT2D eigenvalue weighted by atomic mass is 16.5. The zero-order valence-electron chi connectivity index (χ0n) is 18.2. The molecule has 31 heavy (non-hydrogen) atoms. The van der Waals surface area contributed by atoms with Crippen molar-refractivity contribution in [2.75, 3.05) is 19.7 Å². The molecule has 0 aliphatic carbocycles. The second-order valence-electron chi connectivity index (χ2n) is 7.68. The van der Waals surface area contributed by atoms with Gasteiger partial charge in [-0.2, -0.15) is 9.78 Å². The highest BCUT2D eigenvalue weighted by Crippen LogP contribution is 2.19. The average molecular weight is 428 g/mol. The topological polar surface area (TPSA) is 104 Å². The van der Waals surface area contributed by atoms with E-state index in [0.29, 0.717) is 31.5 Å². The normalized spacial score (nSPS) is 16.2. The van der Waals surface area contributed by atoms with Crippen molar-refractivity contribution in [2.24, 2.45) is 5.92 Å². The molecule has 166 valence electrons. The molecule has 3 rings (SSSR count). The third-order valence-electron chi connectivity index (χ3n) is 5.28. The van der Waals surface area contributed by atoms with Gasteiger partial charge in [0.2, 0.25) is 5.69 Å². The second-order valence-corrected chi connectivity index (χ2v) is 7.68. The summed E-state index contributed by atoms with van der Waals surface area (Å²) in [6.45, 7) is 6.48. The molecule has 1 aromatic carbocycles. The van der Waals surface area contributed by atoms with Crippen molar-refractivity contribution >= 4 is 11.9 Å². The van der Waals surface area contributed by atoms with Crippen molar-refractivity contribution in [1.82, 2.24) is 19.2 Å². The number of likely N-dealkylation sites (tertiary alicyclic amines) is 1. The van der Waals surface area contributed by atoms with Crippen LogP contribution in [-0.2, 0) is 16.1 Å². The van der Waals surface area contributed by atoms with Gasteiger partial charge in [0, 0.05) is 19.6 Å². The van der Waals surface area contributed by atoms with Crippen molar-refractivity contribution in [3.8, 4) is 5.69 Å². The van der Waals surface area contributed by atoms with Crippen LogP contribution in [0.3, 0.4) is 0 Å². The number of hydrogen-bond acceptors (Lipinski definition) is 6. The Kier molecular flexibility index (Phi) is 7.04. The smallest absolute Gasteiger partial charge is 0.352 e. The standard InChI is InChI=1S/C22H28N4O5/c1-4-11-25-20(28)18(23-26(22(25)30)17-10-6-8-15(3)13-17)19(27)24-12-7-9-16(14-24)21(29)31-5-2/h6,8,10,13,16H,4-5,7,9,11-12,14H2,1-3H3/t16-/m1/s1. The van der Waals surface area contributed by atoms with Crippen LogP contribution >= 0.6 is 0 Å². The van der Waals surface area contributed by atoms with Gasteiger partial charge in [0.15, 0.2) is 0 Å². The van der Waals surface area contributed by atoms with Gasteiger partial charge < -0.3 is 9.64 Å². The predicted molar refractivity (Wildman–Crippen MR) is 114 cm³/mol. The van der Waals surface area contributed by atoms with Crippen molar-refractivity contribution in [2.45, 2.75) is 46.6 Å². The Labute approximate surface area is 180 Å². The Hall–Kier alpha value is -3.23. The zero-order valence-corrected chi connectivity index (χ0v) is 18.2. The van der Waals surface area contributed by atoms with Crippen LogP contribution in [0.15, 0.2) is 33.9 Å². The summed E-state index contributed by atoms with van der Waals surface area (Å²) in [5.41, 5.74) is -0.220. The Balaban J connectivity index is 2.03. The Bertz CT molecular complexity index is 1090. The summed E-state index contributed by atoms with van der Waals surface area (Å²) in [5, 5.41) is 4.17. The zero-order chi connectivity index (χ0) is 22.5. The van der Waals surface area contributed by atoms with E-state index in [2.05, 4.69) is 5.10 Å². The highest BCUT2D eigenvalue weighted by Gasteiger charge is 2.32. The van der Waals surface area contributed by atoms with Gasteiger partial charge in [0.1, 0.15) is 0 Å². The summed E-state index contributed by atoms with van der Waals surface area (Å²) in [4.78, 5) is 52.8. The molecule has 2 aromatic rings. The lowest BCUT2D eigenvalue weighted by Gasteiger charge is -2.31. The van der Waals surface area contributed by atoms with E-state index >= 15 is 0 Å². The molecule has 9 heteroatoms. The number of aromatic nitrogens is 3. The highest BCUT2D eigenvalue weighted by molar-refractivity contribution is 5.92. The minimum Gasteiger partial charge on any atom is -0.466 e. The Morgan fingerprint density at radius 2 is 2.00 bits per heavy atom. The molecule has 0 unspecified atom stereocenters. The lowest BCUT2D eigenvalue weighted by molar-refractivity contribution is -0.149. The maximum Gasteiger partial charge on any atom is 0.352 e. The van der Waals surface area contributed by atoms with Crippen LogP contribution in [-0.4, -0.2) is 50.8 Å². The van der Waals surface area contributed by atoms with Crippen LogP contribution in [0.1, 0.15) is 49.2 Å². The molecule has 0 saturated carbocycles. The second kappa shape index (κ2) is 9.72. The molecule has 1 aliphatic heterocycles. The summed E-state index contributed by atoms with van der Waals surface area (Å²) >= 11 is 0. The number of aryl methyl sites for hydroxylation is 1. The van der Waals surface area contributed by atoms with E-state index in [0.717, 1.165) is 14.8 Å². The fraction of sp³-hybridized carbons (Fsp3) is 0.500. The van der Waals surface area contributed by atoms with Gasteiger partial charge in [0.05, 0.1) is 18.2 Å². The molecule has 0 spiro atoms. The van der Waals surface area contributed by atoms with Crippen LogP contribution < -0.4 is 11.2 Å². The first-order valence-electron chi connectivity index (χ1n) is 10.6. The molecular weight excluding hydrogens is 400 g/mol. The summed E-state index contributed by atoms with van der Waals surface area (Å²) in [7, 11) is 0. The van der Waals surface area contributed by atoms with Crippen LogP contribution in [0.25, 0.3) is 5.69 Å². The number of carbonyl (C=O) groups excluding carboxylic acids is 2. The lowest BCUT2D eigenvalue weighted by Crippen LogP contribution is -2.49. The van der Waals surface area contributed by atoms with E-state index in [1.807, 2.05) is 19.9 Å². The van der Waals surface area contributed by atoms with E-state index in [4.69, 9.17) is 4.74 Å². The minimum atomic E-state index is -0.709. The van der Waals surface area contributed by atoms with Crippen LogP contribution in [0.2, 0.25) is 0 Å². The van der Waals surface area contributed by atoms with E-state index in [1.54, 1.807) is 25.1 Å². The molecule has 1 fully saturated rings. The van der Waals surface area contributed by atoms with Gasteiger partial charge in [-0.25, -0.2) is 4.79 Å². The van der Waals surface area contributed by atoms with Gasteiger partial charge >= 0.3 is 11.7 Å². The molecule has 1 aromatic heterocycles. The molecule has 1 amide bonds. The Morgan fingerprint density at radius 1 is 1.23 bits per heavy atom. The number of ether oxygens (including phenoxy) is 1. The predicted octanol–water partition coefficient (Wildman–Crippen LogP) is 1.53. The van der Waals surface area contributed by atoms with E-state index in [1.165, 1.54) is 4.90 Å². The third-order valence-corrected chi connectivity index (χ3v) is 5.28. The van der Waals surface area contributed by atoms with E-state index in [9.17, 15) is 19.2 Å². The lowest BCUT2D eigenvalue weighted by atomic mass is 9.98. The van der Waals surface area contributed by atoms with Crippen molar-refractivity contribution in [3.05, 3.63) is 56.4 Å². The first-order valence-corrected chi connectivity index (χ1v) is 10.6. The Morgan fingerprint density at radius 3 is 2.68 bits per heavy atom. The van der Waals surface area contributed by atoms with Gasteiger partial charge in [-0.1, -0.05) is 19.1 Å². The van der Waals surface area contributed by atoms with Crippen LogP contribution in [0, 0.1) is 12.8 Å². The molecule has 9 nitrogen and oxygen atoms in total. The number of piperidine rings is 1. The van der Waals surface area contributed by atoms with Crippen LogP contribution in [0.4, 0.5) is 0 Å². The monoisotopic (exact) mass is 428 g/mol. The summed E-state index contributed by atoms with van der Waals surface area (Å²) in [6.07, 6.45) is 1.80. The third kappa shape index (κ3) is 4.76. The van der Waals surface area contributed by atoms with E-state index in [-0.39, 0.29) is 31.4 Å². The van der Waals surface area contributed by atoms with Gasteiger partial charge in [-0.3, -0.25) is 19.0 Å². The molecule has 1 saturated heterocycles. The van der Waals surface area contributed by atoms with E-state index < -0.39 is 23.1 Å². The minimum absolute atomic E-state index is 0.163. The number of amides is 1. The van der Waals surface area contributed by atoms with Crippen molar-refractivity contribution in [3.63, 3.8) is 0 Å². The SMILES string of the molecule is CCCn1c(=O)c(C(=O)N2CCC[C@@H](C(=O)OCC)C2)nn(-c2cccc(C)c2)c1=O. The number of esters is 1. The summed E-state index contributed by atoms with van der Waals surface area (Å²) in [5.74, 6) is -1.36. The number of hydrogen-bond donors (Lipinski definition) is 0.